The summed E-state index contributed by atoms with van der Waals surface area (Å²) in [6.07, 6.45) is 0. The maximum absolute atomic E-state index is 0. The molecule has 1 radical (unpaired) electrons. The molecular weight excluding hydrogens is 226 g/mol. The van der Waals surface area contributed by atoms with Crippen LogP contribution in [0.4, 0.5) is 0 Å². The van der Waals surface area contributed by atoms with E-state index < -0.39 is 0 Å². The van der Waals surface area contributed by atoms with Gasteiger partial charge in [-0.05, 0) is 0 Å². The molecular formula is H2MgScZnZr. The molecule has 0 rings (SSSR count). The molecule has 0 aliphatic rings. The molecule has 0 N–H and O–H groups in total. The van der Waals surface area contributed by atoms with Crippen LogP contribution in [0.5, 0.6) is 0 Å². The van der Waals surface area contributed by atoms with Crippen molar-refractivity contribution >= 4 is 23.1 Å². The number of hydrogen-bond acceptors (Lipinski definition) is 0. The summed E-state index contributed by atoms with van der Waals surface area (Å²) in [6, 6.07) is 0. The molecule has 0 amide bonds. The predicted molar refractivity (Wildman–Crippen MR) is 7.98 cm³/mol. The Balaban J connectivity index is 0. The molecule has 0 saturated carbocycles. The van der Waals surface area contributed by atoms with Crippen LogP contribution in [0.25, 0.3) is 0 Å². The van der Waals surface area contributed by atoms with Crippen molar-refractivity contribution in [3.8, 4) is 0 Å². The summed E-state index contributed by atoms with van der Waals surface area (Å²) < 4.78 is 0. The first-order chi connectivity index (χ1) is 0. The second kappa shape index (κ2) is 16.4. The standard InChI is InChI=1S/Mg.Sc.Zn.Zr.2H/q+2;;;;2*-1. The summed E-state index contributed by atoms with van der Waals surface area (Å²) in [7, 11) is 0. The topological polar surface area (TPSA) is 0 Å². The molecule has 0 fully saturated rings. The van der Waals surface area contributed by atoms with Gasteiger partial charge in [0.05, 0.1) is 0 Å². The van der Waals surface area contributed by atoms with E-state index in [1.165, 1.54) is 0 Å². The average Bonchev–Trinajstić information content (AvgIpc) is 0. The first-order valence-corrected chi connectivity index (χ1v) is 0. The zero-order chi connectivity index (χ0) is 0. The molecule has 13 valence electrons. The minimum Gasteiger partial charge on any atom is -1.00 e. The zero-order valence-corrected chi connectivity index (χ0v) is 11.1. The minimum absolute atomic E-state index is 0. The fourth-order valence-corrected chi connectivity index (χ4v) is 0. The van der Waals surface area contributed by atoms with Crippen molar-refractivity contribution in [2.24, 2.45) is 0 Å². The predicted octanol–water partition coefficient (Wildman–Crippen LogP) is -0.163. The third-order valence-corrected chi connectivity index (χ3v) is 0. The Labute approximate surface area is 95.6 Å². The van der Waals surface area contributed by atoms with Crippen molar-refractivity contribution in [1.29, 1.82) is 0 Å². The van der Waals surface area contributed by atoms with Crippen molar-refractivity contribution in [1.82, 2.24) is 0 Å². The van der Waals surface area contributed by atoms with Crippen LogP contribution in [0.3, 0.4) is 0 Å². The minimum atomic E-state index is 0. The molecule has 0 aromatic heterocycles. The molecule has 0 aliphatic carbocycles. The van der Waals surface area contributed by atoms with Gasteiger partial charge < -0.3 is 2.85 Å². The SMILES string of the molecule is [H-].[H-].[Mg+2].[Sc].[Zn].[Zr]. The second-order valence-electron chi connectivity index (χ2n) is 0. The first kappa shape index (κ1) is 27.3. The molecule has 0 saturated heterocycles. The van der Waals surface area contributed by atoms with E-state index in [4.69, 9.17) is 0 Å². The van der Waals surface area contributed by atoms with Gasteiger partial charge in [0.1, 0.15) is 0 Å². The van der Waals surface area contributed by atoms with Crippen LogP contribution < -0.4 is 0 Å². The van der Waals surface area contributed by atoms with Gasteiger partial charge >= 0.3 is 23.1 Å². The van der Waals surface area contributed by atoms with E-state index in [9.17, 15) is 0 Å². The quantitative estimate of drug-likeness (QED) is 0.505. The molecule has 0 bridgehead atoms. The van der Waals surface area contributed by atoms with Crippen LogP contribution >= 0.6 is 0 Å². The molecule has 0 atom stereocenters. The summed E-state index contributed by atoms with van der Waals surface area (Å²) in [5, 5.41) is 0. The fourth-order valence-electron chi connectivity index (χ4n) is 0. The van der Waals surface area contributed by atoms with Crippen molar-refractivity contribution in [2.75, 3.05) is 0 Å². The number of rotatable bonds is 0. The van der Waals surface area contributed by atoms with Crippen molar-refractivity contribution < 1.29 is 74.4 Å². The average molecular weight is 228 g/mol. The van der Waals surface area contributed by atoms with E-state index in [0.29, 0.717) is 0 Å². The van der Waals surface area contributed by atoms with Gasteiger partial charge in [-0.15, -0.1) is 0 Å². The van der Waals surface area contributed by atoms with Crippen LogP contribution in [-0.2, 0) is 71.5 Å². The van der Waals surface area contributed by atoms with Gasteiger partial charge in [-0.2, -0.15) is 0 Å². The van der Waals surface area contributed by atoms with E-state index in [1.807, 2.05) is 0 Å². The van der Waals surface area contributed by atoms with Crippen LogP contribution in [0, 0.1) is 0 Å². The zero-order valence-electron chi connectivity index (χ0n) is 4.49. The molecule has 0 spiro atoms. The molecule has 0 aromatic rings. The smallest absolute Gasteiger partial charge is 1.00 e. The largest absolute Gasteiger partial charge is 2.00 e. The molecule has 0 aromatic carbocycles. The Hall–Kier alpha value is 3.14. The summed E-state index contributed by atoms with van der Waals surface area (Å²) in [4.78, 5) is 0. The van der Waals surface area contributed by atoms with Gasteiger partial charge in [0.15, 0.2) is 0 Å². The van der Waals surface area contributed by atoms with E-state index in [1.54, 1.807) is 0 Å². The van der Waals surface area contributed by atoms with Gasteiger partial charge in [-0.25, -0.2) is 0 Å². The Morgan fingerprint density at radius 3 is 1.25 bits per heavy atom. The monoisotopic (exact) mass is 225 g/mol. The summed E-state index contributed by atoms with van der Waals surface area (Å²) in [6.45, 7) is 0. The second-order valence-corrected chi connectivity index (χ2v) is 0. The summed E-state index contributed by atoms with van der Waals surface area (Å²) in [5.74, 6) is 0. The van der Waals surface area contributed by atoms with Crippen LogP contribution in [-0.4, -0.2) is 23.1 Å². The maximum atomic E-state index is 0. The van der Waals surface area contributed by atoms with Crippen LogP contribution in [0.1, 0.15) is 2.85 Å². The Morgan fingerprint density at radius 1 is 1.25 bits per heavy atom. The maximum Gasteiger partial charge on any atom is 2.00 e. The molecule has 0 unspecified atom stereocenters. The first-order valence-electron chi connectivity index (χ1n) is 0. The molecule has 0 heterocycles. The van der Waals surface area contributed by atoms with Crippen molar-refractivity contribution in [2.45, 2.75) is 0 Å². The van der Waals surface area contributed by atoms with Crippen molar-refractivity contribution in [3.63, 3.8) is 0 Å². The van der Waals surface area contributed by atoms with Crippen molar-refractivity contribution in [3.05, 3.63) is 0 Å². The van der Waals surface area contributed by atoms with Crippen LogP contribution in [0.15, 0.2) is 0 Å². The van der Waals surface area contributed by atoms with Gasteiger partial charge in [0, 0.05) is 71.5 Å². The number of hydrogen-bond donors (Lipinski definition) is 0. The van der Waals surface area contributed by atoms with E-state index in [2.05, 4.69) is 0 Å². The summed E-state index contributed by atoms with van der Waals surface area (Å²) >= 11 is 0. The van der Waals surface area contributed by atoms with Gasteiger partial charge in [0.2, 0.25) is 0 Å². The third kappa shape index (κ3) is 8.94. The Morgan fingerprint density at radius 2 is 1.25 bits per heavy atom. The molecule has 4 heavy (non-hydrogen) atoms. The van der Waals surface area contributed by atoms with E-state index in [-0.39, 0.29) is 97.4 Å². The summed E-state index contributed by atoms with van der Waals surface area (Å²) in [5.41, 5.74) is 0. The third-order valence-electron chi connectivity index (χ3n) is 0. The van der Waals surface area contributed by atoms with Gasteiger partial charge in [-0.3, -0.25) is 0 Å². The molecule has 0 nitrogen and oxygen atoms in total. The molecule has 4 heteroatoms. The Bertz CT molecular complexity index is 13.5. The van der Waals surface area contributed by atoms with Crippen LogP contribution in [0.2, 0.25) is 0 Å². The van der Waals surface area contributed by atoms with Gasteiger partial charge in [-0.1, -0.05) is 0 Å². The Kier molecular flexibility index (Phi) is 112. The van der Waals surface area contributed by atoms with Gasteiger partial charge in [0.25, 0.3) is 0 Å². The normalized spacial score (nSPS) is 0. The van der Waals surface area contributed by atoms with E-state index in [0.717, 1.165) is 0 Å². The molecule has 0 aliphatic heterocycles. The fraction of sp³-hybridized carbons (Fsp3) is 0. The van der Waals surface area contributed by atoms with E-state index >= 15 is 0 Å².